The number of likely N-dealkylation sites (tertiary alicyclic amines) is 1. The van der Waals surface area contributed by atoms with Crippen LogP contribution in [0.3, 0.4) is 0 Å². The minimum atomic E-state index is -0.00378. The Balaban J connectivity index is 1.39. The monoisotopic (exact) mass is 397 g/mol. The van der Waals surface area contributed by atoms with E-state index < -0.39 is 0 Å². The van der Waals surface area contributed by atoms with Gasteiger partial charge in [0.15, 0.2) is 5.78 Å². The van der Waals surface area contributed by atoms with E-state index in [4.69, 9.17) is 0 Å². The fourth-order valence-corrected chi connectivity index (χ4v) is 4.27. The number of piperidine rings is 1. The fourth-order valence-electron chi connectivity index (χ4n) is 4.27. The van der Waals surface area contributed by atoms with Crippen LogP contribution in [-0.2, 0) is 0 Å². The van der Waals surface area contributed by atoms with Gasteiger partial charge in [-0.1, -0.05) is 66.2 Å². The van der Waals surface area contributed by atoms with Crippen LogP contribution in [0.4, 0.5) is 0 Å². The molecule has 0 aromatic heterocycles. The molecule has 4 rings (SSSR count). The molecule has 1 heterocycles. The van der Waals surface area contributed by atoms with E-state index in [1.165, 1.54) is 5.56 Å². The summed E-state index contributed by atoms with van der Waals surface area (Å²) in [6.45, 7) is 5.29. The minimum Gasteiger partial charge on any atom is -0.339 e. The standard InChI is InChI=1S/C27H27NO2/c1-19-8-13-25(20(2)18-19)26(29)23-14-16-28(17-15-23)27(30)24-11-9-22(10-12-24)21-6-4-3-5-7-21/h3-13,18,23H,14-17H2,1-2H3. The molecule has 1 fully saturated rings. The third kappa shape index (κ3) is 4.20. The van der Waals surface area contributed by atoms with Gasteiger partial charge in [0.05, 0.1) is 0 Å². The maximum atomic E-state index is 12.9. The topological polar surface area (TPSA) is 37.4 Å². The smallest absolute Gasteiger partial charge is 0.253 e. The molecule has 0 bridgehead atoms. The lowest BCUT2D eigenvalue weighted by Gasteiger charge is -2.31. The van der Waals surface area contributed by atoms with Gasteiger partial charge in [-0.2, -0.15) is 0 Å². The lowest BCUT2D eigenvalue weighted by molar-refractivity contribution is 0.0650. The summed E-state index contributed by atoms with van der Waals surface area (Å²) in [5.74, 6) is 0.259. The van der Waals surface area contributed by atoms with E-state index in [1.807, 2.05) is 73.3 Å². The van der Waals surface area contributed by atoms with Crippen LogP contribution < -0.4 is 0 Å². The van der Waals surface area contributed by atoms with E-state index in [0.717, 1.165) is 35.1 Å². The van der Waals surface area contributed by atoms with E-state index >= 15 is 0 Å². The highest BCUT2D eigenvalue weighted by atomic mass is 16.2. The third-order valence-electron chi connectivity index (χ3n) is 6.04. The SMILES string of the molecule is Cc1ccc(C(=O)C2CCN(C(=O)c3ccc(-c4ccccc4)cc3)CC2)c(C)c1. The van der Waals surface area contributed by atoms with Crippen molar-refractivity contribution in [2.24, 2.45) is 5.92 Å². The molecular weight excluding hydrogens is 370 g/mol. The first-order valence-electron chi connectivity index (χ1n) is 10.6. The van der Waals surface area contributed by atoms with Gasteiger partial charge >= 0.3 is 0 Å². The van der Waals surface area contributed by atoms with Crippen molar-refractivity contribution in [3.8, 4) is 11.1 Å². The van der Waals surface area contributed by atoms with Crippen LogP contribution in [0.5, 0.6) is 0 Å². The Labute approximate surface area is 178 Å². The summed E-state index contributed by atoms with van der Waals surface area (Å²) in [6, 6.07) is 23.9. The van der Waals surface area contributed by atoms with E-state index in [2.05, 4.69) is 18.2 Å². The van der Waals surface area contributed by atoms with Crippen molar-refractivity contribution in [2.75, 3.05) is 13.1 Å². The molecule has 0 saturated carbocycles. The van der Waals surface area contributed by atoms with E-state index in [0.29, 0.717) is 18.7 Å². The zero-order valence-corrected chi connectivity index (χ0v) is 17.6. The van der Waals surface area contributed by atoms with E-state index in [-0.39, 0.29) is 17.6 Å². The lowest BCUT2D eigenvalue weighted by atomic mass is 9.87. The highest BCUT2D eigenvalue weighted by Crippen LogP contribution is 2.25. The van der Waals surface area contributed by atoms with Crippen LogP contribution in [0.15, 0.2) is 72.8 Å². The summed E-state index contributed by atoms with van der Waals surface area (Å²) in [5.41, 5.74) is 5.97. The maximum Gasteiger partial charge on any atom is 0.253 e. The highest BCUT2D eigenvalue weighted by Gasteiger charge is 2.29. The molecule has 152 valence electrons. The first kappa shape index (κ1) is 20.1. The second-order valence-electron chi connectivity index (χ2n) is 8.19. The largest absolute Gasteiger partial charge is 0.339 e. The summed E-state index contributed by atoms with van der Waals surface area (Å²) < 4.78 is 0. The van der Waals surface area contributed by atoms with Crippen LogP contribution in [-0.4, -0.2) is 29.7 Å². The van der Waals surface area contributed by atoms with Crippen molar-refractivity contribution in [1.29, 1.82) is 0 Å². The van der Waals surface area contributed by atoms with E-state index in [9.17, 15) is 9.59 Å². The summed E-state index contributed by atoms with van der Waals surface area (Å²) >= 11 is 0. The predicted octanol–water partition coefficient (Wildman–Crippen LogP) is 5.71. The van der Waals surface area contributed by atoms with Gasteiger partial charge in [-0.3, -0.25) is 9.59 Å². The number of rotatable bonds is 4. The number of Topliss-reactive ketones (excluding diaryl/α,β-unsaturated/α-hetero) is 1. The summed E-state index contributed by atoms with van der Waals surface area (Å²) in [5, 5.41) is 0. The Bertz CT molecular complexity index is 1050. The molecule has 0 unspecified atom stereocenters. The molecule has 1 aliphatic heterocycles. The number of benzene rings is 3. The van der Waals surface area contributed by atoms with E-state index in [1.54, 1.807) is 0 Å². The van der Waals surface area contributed by atoms with Gasteiger partial charge in [0.2, 0.25) is 0 Å². The molecule has 0 spiro atoms. The molecule has 3 aromatic carbocycles. The second-order valence-corrected chi connectivity index (χ2v) is 8.19. The highest BCUT2D eigenvalue weighted by molar-refractivity contribution is 5.99. The first-order valence-corrected chi connectivity index (χ1v) is 10.6. The van der Waals surface area contributed by atoms with Gasteiger partial charge in [0.25, 0.3) is 5.91 Å². The molecule has 1 saturated heterocycles. The predicted molar refractivity (Wildman–Crippen MR) is 121 cm³/mol. The molecule has 3 heteroatoms. The van der Waals surface area contributed by atoms with Gasteiger partial charge in [0.1, 0.15) is 0 Å². The zero-order chi connectivity index (χ0) is 21.1. The Morgan fingerprint density at radius 2 is 1.43 bits per heavy atom. The van der Waals surface area contributed by atoms with Crippen LogP contribution in [0.1, 0.15) is 44.7 Å². The van der Waals surface area contributed by atoms with Crippen LogP contribution in [0.25, 0.3) is 11.1 Å². The van der Waals surface area contributed by atoms with Gasteiger partial charge in [0, 0.05) is 30.1 Å². The first-order chi connectivity index (χ1) is 14.5. The molecule has 0 atom stereocenters. The molecule has 1 aliphatic rings. The Hall–Kier alpha value is -3.20. The normalized spacial score (nSPS) is 14.5. The fraction of sp³-hybridized carbons (Fsp3) is 0.259. The third-order valence-corrected chi connectivity index (χ3v) is 6.04. The number of nitrogens with zero attached hydrogens (tertiary/aromatic N) is 1. The van der Waals surface area contributed by atoms with Crippen molar-refractivity contribution in [3.63, 3.8) is 0 Å². The summed E-state index contributed by atoms with van der Waals surface area (Å²) in [4.78, 5) is 27.8. The van der Waals surface area contributed by atoms with Gasteiger partial charge in [-0.25, -0.2) is 0 Å². The molecule has 1 amide bonds. The van der Waals surface area contributed by atoms with Crippen molar-refractivity contribution in [2.45, 2.75) is 26.7 Å². The van der Waals surface area contributed by atoms with Crippen LogP contribution in [0, 0.1) is 19.8 Å². The second kappa shape index (κ2) is 8.66. The molecule has 0 radical (unpaired) electrons. The summed E-state index contributed by atoms with van der Waals surface area (Å²) in [6.07, 6.45) is 1.44. The number of hydrogen-bond donors (Lipinski definition) is 0. The molecule has 0 N–H and O–H groups in total. The Morgan fingerprint density at radius 3 is 2.07 bits per heavy atom. The van der Waals surface area contributed by atoms with Crippen LogP contribution in [0.2, 0.25) is 0 Å². The van der Waals surface area contributed by atoms with Crippen molar-refractivity contribution >= 4 is 11.7 Å². The minimum absolute atomic E-state index is 0.00378. The maximum absolute atomic E-state index is 12.9. The molecule has 3 aromatic rings. The number of hydrogen-bond acceptors (Lipinski definition) is 2. The average molecular weight is 398 g/mol. The molecule has 30 heavy (non-hydrogen) atoms. The molecule has 0 aliphatic carbocycles. The average Bonchev–Trinajstić information content (AvgIpc) is 2.79. The van der Waals surface area contributed by atoms with Crippen molar-refractivity contribution in [3.05, 3.63) is 95.1 Å². The molecule has 3 nitrogen and oxygen atoms in total. The quantitative estimate of drug-likeness (QED) is 0.529. The number of amides is 1. The van der Waals surface area contributed by atoms with Crippen molar-refractivity contribution in [1.82, 2.24) is 4.90 Å². The van der Waals surface area contributed by atoms with Crippen LogP contribution >= 0.6 is 0 Å². The van der Waals surface area contributed by atoms with Gasteiger partial charge in [-0.15, -0.1) is 0 Å². The number of carbonyl (C=O) groups is 2. The zero-order valence-electron chi connectivity index (χ0n) is 17.6. The number of aryl methyl sites for hydroxylation is 2. The number of carbonyl (C=O) groups excluding carboxylic acids is 2. The summed E-state index contributed by atoms with van der Waals surface area (Å²) in [7, 11) is 0. The van der Waals surface area contributed by atoms with Gasteiger partial charge in [-0.05, 0) is 55.5 Å². The number of ketones is 1. The lowest BCUT2D eigenvalue weighted by Crippen LogP contribution is -2.40. The Morgan fingerprint density at radius 1 is 0.800 bits per heavy atom. The van der Waals surface area contributed by atoms with Gasteiger partial charge < -0.3 is 4.90 Å². The van der Waals surface area contributed by atoms with Crippen molar-refractivity contribution < 1.29 is 9.59 Å². The Kier molecular flexibility index (Phi) is 5.80. The molecular formula is C27H27NO2.